The summed E-state index contributed by atoms with van der Waals surface area (Å²) in [6.45, 7) is 0.584. The summed E-state index contributed by atoms with van der Waals surface area (Å²) in [6.07, 6.45) is 1.42. The minimum atomic E-state index is 0.354. The van der Waals surface area contributed by atoms with Gasteiger partial charge in [-0.1, -0.05) is 23.7 Å². The second kappa shape index (κ2) is 5.15. The van der Waals surface area contributed by atoms with Gasteiger partial charge in [0.05, 0.1) is 11.6 Å². The molecule has 0 spiro atoms. The SMILES string of the molecule is N#Cc1ccc(CNc2cc(Cl)nc3ncnn23)cc1. The number of nitriles is 1. The number of benzene rings is 1. The number of nitrogens with one attached hydrogen (secondary N) is 1. The molecule has 0 saturated heterocycles. The van der Waals surface area contributed by atoms with Crippen molar-refractivity contribution in [2.24, 2.45) is 0 Å². The number of nitrogens with zero attached hydrogens (tertiary/aromatic N) is 5. The second-order valence-electron chi connectivity index (χ2n) is 4.10. The average Bonchev–Trinajstić information content (AvgIpc) is 2.93. The Balaban J connectivity index is 1.82. The molecule has 0 unspecified atom stereocenters. The van der Waals surface area contributed by atoms with Crippen LogP contribution >= 0.6 is 11.6 Å². The van der Waals surface area contributed by atoms with E-state index in [0.717, 1.165) is 5.56 Å². The van der Waals surface area contributed by atoms with Crippen LogP contribution in [-0.2, 0) is 6.54 Å². The number of fused-ring (bicyclic) bond motifs is 1. The molecule has 0 atom stereocenters. The molecular weight excluding hydrogens is 276 g/mol. The van der Waals surface area contributed by atoms with Crippen LogP contribution in [0.3, 0.4) is 0 Å². The zero-order valence-electron chi connectivity index (χ0n) is 10.3. The summed E-state index contributed by atoms with van der Waals surface area (Å²) in [5.74, 6) is 1.15. The monoisotopic (exact) mass is 284 g/mol. The molecule has 1 N–H and O–H groups in total. The van der Waals surface area contributed by atoms with Gasteiger partial charge in [-0.15, -0.1) is 0 Å². The number of anilines is 1. The van der Waals surface area contributed by atoms with Crippen LogP contribution in [0.25, 0.3) is 5.78 Å². The topological polar surface area (TPSA) is 78.9 Å². The summed E-state index contributed by atoms with van der Waals surface area (Å²) < 4.78 is 1.58. The van der Waals surface area contributed by atoms with Gasteiger partial charge in [0, 0.05) is 12.6 Å². The van der Waals surface area contributed by atoms with Crippen molar-refractivity contribution in [3.63, 3.8) is 0 Å². The van der Waals surface area contributed by atoms with Gasteiger partial charge in [-0.25, -0.2) is 0 Å². The van der Waals surface area contributed by atoms with E-state index in [-0.39, 0.29) is 0 Å². The van der Waals surface area contributed by atoms with Crippen molar-refractivity contribution in [1.29, 1.82) is 5.26 Å². The van der Waals surface area contributed by atoms with Crippen molar-refractivity contribution in [2.45, 2.75) is 6.54 Å². The predicted molar refractivity (Wildman–Crippen MR) is 74.3 cm³/mol. The van der Waals surface area contributed by atoms with Gasteiger partial charge in [-0.2, -0.15) is 24.8 Å². The van der Waals surface area contributed by atoms with E-state index in [1.54, 1.807) is 22.7 Å². The molecule has 0 saturated carbocycles. The van der Waals surface area contributed by atoms with Crippen LogP contribution in [0.4, 0.5) is 5.82 Å². The molecule has 98 valence electrons. The van der Waals surface area contributed by atoms with Crippen molar-refractivity contribution >= 4 is 23.2 Å². The quantitative estimate of drug-likeness (QED) is 0.746. The Bertz CT molecular complexity index is 787. The first kappa shape index (κ1) is 12.4. The molecule has 3 aromatic rings. The third kappa shape index (κ3) is 2.39. The van der Waals surface area contributed by atoms with Crippen molar-refractivity contribution < 1.29 is 0 Å². The average molecular weight is 285 g/mol. The van der Waals surface area contributed by atoms with Crippen molar-refractivity contribution in [3.05, 3.63) is 52.9 Å². The normalized spacial score (nSPS) is 10.4. The minimum Gasteiger partial charge on any atom is -0.366 e. The minimum absolute atomic E-state index is 0.354. The molecule has 0 amide bonds. The highest BCUT2D eigenvalue weighted by molar-refractivity contribution is 6.29. The predicted octanol–water partition coefficient (Wildman–Crippen LogP) is 2.26. The van der Waals surface area contributed by atoms with Gasteiger partial charge in [-0.05, 0) is 17.7 Å². The molecule has 2 heterocycles. The lowest BCUT2D eigenvalue weighted by Gasteiger charge is -2.08. The Morgan fingerprint density at radius 2 is 2.10 bits per heavy atom. The highest BCUT2D eigenvalue weighted by atomic mass is 35.5. The van der Waals surface area contributed by atoms with Gasteiger partial charge in [0.1, 0.15) is 17.3 Å². The molecule has 0 radical (unpaired) electrons. The first-order valence-electron chi connectivity index (χ1n) is 5.85. The van der Waals surface area contributed by atoms with Crippen molar-refractivity contribution in [3.8, 4) is 6.07 Å². The van der Waals surface area contributed by atoms with Crippen LogP contribution in [0.2, 0.25) is 5.15 Å². The molecule has 1 aromatic carbocycles. The molecule has 7 heteroatoms. The zero-order chi connectivity index (χ0) is 13.9. The molecule has 0 aliphatic heterocycles. The largest absolute Gasteiger partial charge is 0.366 e. The molecule has 3 rings (SSSR count). The molecule has 20 heavy (non-hydrogen) atoms. The molecule has 2 aromatic heterocycles. The van der Waals surface area contributed by atoms with E-state index in [1.165, 1.54) is 6.33 Å². The Labute approximate surface area is 119 Å². The number of hydrogen-bond donors (Lipinski definition) is 1. The molecule has 0 bridgehead atoms. The smallest absolute Gasteiger partial charge is 0.255 e. The maximum atomic E-state index is 8.76. The molecule has 0 aliphatic carbocycles. The molecule has 0 fully saturated rings. The summed E-state index contributed by atoms with van der Waals surface area (Å²) in [5.41, 5.74) is 1.68. The first-order chi connectivity index (χ1) is 9.76. The Kier molecular flexibility index (Phi) is 3.19. The van der Waals surface area contributed by atoms with Crippen molar-refractivity contribution in [1.82, 2.24) is 19.6 Å². The number of hydrogen-bond acceptors (Lipinski definition) is 5. The Hall–Kier alpha value is -2.65. The third-order valence-corrected chi connectivity index (χ3v) is 2.97. The van der Waals surface area contributed by atoms with Crippen LogP contribution in [0.5, 0.6) is 0 Å². The third-order valence-electron chi connectivity index (χ3n) is 2.78. The summed E-state index contributed by atoms with van der Waals surface area (Å²) in [6, 6.07) is 11.1. The van der Waals surface area contributed by atoms with E-state index in [0.29, 0.717) is 28.9 Å². The van der Waals surface area contributed by atoms with Gasteiger partial charge >= 0.3 is 0 Å². The van der Waals surface area contributed by atoms with Crippen LogP contribution in [0.15, 0.2) is 36.7 Å². The van der Waals surface area contributed by atoms with Gasteiger partial charge in [0.15, 0.2) is 0 Å². The van der Waals surface area contributed by atoms with E-state index in [9.17, 15) is 0 Å². The standard InChI is InChI=1S/C13H9ClN6/c14-11-5-12(20-13(19-11)17-8-18-20)16-7-10-3-1-9(6-15)2-4-10/h1-5,8,16H,7H2. The number of aromatic nitrogens is 4. The van der Waals surface area contributed by atoms with E-state index < -0.39 is 0 Å². The summed E-state index contributed by atoms with van der Waals surface area (Å²) in [5, 5.41) is 16.4. The maximum absolute atomic E-state index is 8.76. The lowest BCUT2D eigenvalue weighted by molar-refractivity contribution is 0.925. The fraction of sp³-hybridized carbons (Fsp3) is 0.0769. The highest BCUT2D eigenvalue weighted by Crippen LogP contribution is 2.15. The van der Waals surface area contributed by atoms with Crippen LogP contribution < -0.4 is 5.32 Å². The molecule has 6 nitrogen and oxygen atoms in total. The lowest BCUT2D eigenvalue weighted by Crippen LogP contribution is -2.06. The number of halogens is 1. The summed E-state index contributed by atoms with van der Waals surface area (Å²) in [4.78, 5) is 8.05. The van der Waals surface area contributed by atoms with Crippen LogP contribution in [0, 0.1) is 11.3 Å². The highest BCUT2D eigenvalue weighted by Gasteiger charge is 2.06. The first-order valence-corrected chi connectivity index (χ1v) is 6.23. The lowest BCUT2D eigenvalue weighted by atomic mass is 10.1. The Morgan fingerprint density at radius 3 is 2.85 bits per heavy atom. The van der Waals surface area contributed by atoms with Gasteiger partial charge in [0.25, 0.3) is 5.78 Å². The van der Waals surface area contributed by atoms with Crippen molar-refractivity contribution in [2.75, 3.05) is 5.32 Å². The molecule has 0 aliphatic rings. The van der Waals surface area contributed by atoms with E-state index in [1.807, 2.05) is 12.1 Å². The van der Waals surface area contributed by atoms with Gasteiger partial charge in [0.2, 0.25) is 0 Å². The summed E-state index contributed by atoms with van der Waals surface area (Å²) in [7, 11) is 0. The Morgan fingerprint density at radius 1 is 1.30 bits per heavy atom. The van der Waals surface area contributed by atoms with E-state index in [2.05, 4.69) is 26.5 Å². The second-order valence-corrected chi connectivity index (χ2v) is 4.49. The van der Waals surface area contributed by atoms with Gasteiger partial charge < -0.3 is 5.32 Å². The zero-order valence-corrected chi connectivity index (χ0v) is 11.0. The number of rotatable bonds is 3. The van der Waals surface area contributed by atoms with E-state index >= 15 is 0 Å². The summed E-state index contributed by atoms with van der Waals surface area (Å²) >= 11 is 5.93. The van der Waals surface area contributed by atoms with Gasteiger partial charge in [-0.3, -0.25) is 0 Å². The van der Waals surface area contributed by atoms with E-state index in [4.69, 9.17) is 16.9 Å². The maximum Gasteiger partial charge on any atom is 0.255 e. The van der Waals surface area contributed by atoms with Crippen LogP contribution in [0.1, 0.15) is 11.1 Å². The molecular formula is C13H9ClN6. The fourth-order valence-electron chi connectivity index (χ4n) is 1.80. The van der Waals surface area contributed by atoms with Crippen LogP contribution in [-0.4, -0.2) is 19.6 Å². The fourth-order valence-corrected chi connectivity index (χ4v) is 1.98.